The first-order chi connectivity index (χ1) is 10.6. The highest BCUT2D eigenvalue weighted by molar-refractivity contribution is 5.76. The number of carbonyl (C=O) groups excluding carboxylic acids is 1. The van der Waals surface area contributed by atoms with E-state index in [9.17, 15) is 9.90 Å². The standard InChI is InChI=1S/C13H22N6O3/c20-12(1-3-19-11-14-15-16-19)18-4-2-13(21,10-18)9-17-5-7-22-8-6-17/h11,21H,1-10H2/t13-/m0/s1. The number of carbonyl (C=O) groups is 1. The van der Waals surface area contributed by atoms with E-state index in [0.717, 1.165) is 13.1 Å². The molecular weight excluding hydrogens is 288 g/mol. The van der Waals surface area contributed by atoms with E-state index in [1.807, 2.05) is 0 Å². The number of hydrogen-bond acceptors (Lipinski definition) is 7. The van der Waals surface area contributed by atoms with Crippen molar-refractivity contribution in [3.8, 4) is 0 Å². The topological polar surface area (TPSA) is 96.6 Å². The molecule has 3 heterocycles. The average molecular weight is 310 g/mol. The van der Waals surface area contributed by atoms with Gasteiger partial charge in [0.2, 0.25) is 5.91 Å². The molecule has 0 aromatic carbocycles. The summed E-state index contributed by atoms with van der Waals surface area (Å²) in [6, 6.07) is 0. The van der Waals surface area contributed by atoms with Crippen LogP contribution in [0.3, 0.4) is 0 Å². The maximum atomic E-state index is 12.2. The van der Waals surface area contributed by atoms with Crippen molar-refractivity contribution in [3.63, 3.8) is 0 Å². The minimum Gasteiger partial charge on any atom is -0.387 e. The Labute approximate surface area is 128 Å². The molecule has 1 aromatic heterocycles. The fourth-order valence-corrected chi connectivity index (χ4v) is 3.02. The van der Waals surface area contributed by atoms with E-state index in [2.05, 4.69) is 20.4 Å². The lowest BCUT2D eigenvalue weighted by Gasteiger charge is -2.33. The molecule has 0 unspecified atom stereocenters. The second-order valence-electron chi connectivity index (χ2n) is 6.00. The molecule has 0 radical (unpaired) electrons. The maximum Gasteiger partial charge on any atom is 0.224 e. The third-order valence-electron chi connectivity index (χ3n) is 4.25. The SMILES string of the molecule is O=C(CCn1cnnn1)N1CC[C@](O)(CN2CCOCC2)C1. The van der Waals surface area contributed by atoms with E-state index < -0.39 is 5.60 Å². The third kappa shape index (κ3) is 3.79. The maximum absolute atomic E-state index is 12.2. The number of aliphatic hydroxyl groups is 1. The average Bonchev–Trinajstić information content (AvgIpc) is 3.16. The van der Waals surface area contributed by atoms with Crippen LogP contribution in [0.4, 0.5) is 0 Å². The van der Waals surface area contributed by atoms with Crippen LogP contribution >= 0.6 is 0 Å². The number of aromatic nitrogens is 4. The molecule has 22 heavy (non-hydrogen) atoms. The molecule has 0 saturated carbocycles. The number of rotatable bonds is 5. The van der Waals surface area contributed by atoms with Gasteiger partial charge in [0.25, 0.3) is 0 Å². The van der Waals surface area contributed by atoms with Crippen molar-refractivity contribution in [2.45, 2.75) is 25.0 Å². The van der Waals surface area contributed by atoms with Gasteiger partial charge in [0, 0.05) is 32.6 Å². The number of β-amino-alcohol motifs (C(OH)–C–C–N with tert-alkyl or cyclic N) is 1. The van der Waals surface area contributed by atoms with E-state index in [0.29, 0.717) is 52.2 Å². The predicted octanol–water partition coefficient (Wildman–Crippen LogP) is -1.64. The quantitative estimate of drug-likeness (QED) is 0.696. The highest BCUT2D eigenvalue weighted by Gasteiger charge is 2.39. The minimum atomic E-state index is -0.804. The van der Waals surface area contributed by atoms with Crippen LogP contribution in [-0.4, -0.2) is 92.6 Å². The van der Waals surface area contributed by atoms with Crippen molar-refractivity contribution < 1.29 is 14.6 Å². The highest BCUT2D eigenvalue weighted by Crippen LogP contribution is 2.23. The fraction of sp³-hybridized carbons (Fsp3) is 0.846. The van der Waals surface area contributed by atoms with Gasteiger partial charge in [-0.2, -0.15) is 0 Å². The fourth-order valence-electron chi connectivity index (χ4n) is 3.02. The van der Waals surface area contributed by atoms with E-state index in [4.69, 9.17) is 4.74 Å². The van der Waals surface area contributed by atoms with Crippen LogP contribution < -0.4 is 0 Å². The number of likely N-dealkylation sites (tertiary alicyclic amines) is 1. The number of ether oxygens (including phenoxy) is 1. The molecule has 0 aliphatic carbocycles. The third-order valence-corrected chi connectivity index (χ3v) is 4.25. The Bertz CT molecular complexity index is 490. The van der Waals surface area contributed by atoms with E-state index in [-0.39, 0.29) is 5.91 Å². The summed E-state index contributed by atoms with van der Waals surface area (Å²) >= 11 is 0. The molecular formula is C13H22N6O3. The number of nitrogens with zero attached hydrogens (tertiary/aromatic N) is 6. The van der Waals surface area contributed by atoms with Crippen LogP contribution in [0, 0.1) is 0 Å². The van der Waals surface area contributed by atoms with Gasteiger partial charge in [0.1, 0.15) is 6.33 Å². The summed E-state index contributed by atoms with van der Waals surface area (Å²) in [5, 5.41) is 21.5. The summed E-state index contributed by atoms with van der Waals surface area (Å²) in [6.45, 7) is 5.19. The molecule has 1 N–H and O–H groups in total. The van der Waals surface area contributed by atoms with Crippen LogP contribution in [-0.2, 0) is 16.1 Å². The van der Waals surface area contributed by atoms with Crippen molar-refractivity contribution >= 4 is 5.91 Å². The van der Waals surface area contributed by atoms with Gasteiger partial charge >= 0.3 is 0 Å². The van der Waals surface area contributed by atoms with Crippen molar-refractivity contribution in [3.05, 3.63) is 6.33 Å². The van der Waals surface area contributed by atoms with Crippen LogP contribution in [0.2, 0.25) is 0 Å². The molecule has 2 fully saturated rings. The Morgan fingerprint density at radius 1 is 1.32 bits per heavy atom. The van der Waals surface area contributed by atoms with Crippen molar-refractivity contribution in [1.29, 1.82) is 0 Å². The van der Waals surface area contributed by atoms with Gasteiger partial charge in [-0.25, -0.2) is 4.68 Å². The zero-order valence-electron chi connectivity index (χ0n) is 12.6. The molecule has 3 rings (SSSR count). The van der Waals surface area contributed by atoms with E-state index in [1.165, 1.54) is 11.0 Å². The molecule has 0 spiro atoms. The summed E-state index contributed by atoms with van der Waals surface area (Å²) in [7, 11) is 0. The van der Waals surface area contributed by atoms with Gasteiger partial charge in [-0.3, -0.25) is 9.69 Å². The molecule has 2 aliphatic heterocycles. The molecule has 122 valence electrons. The van der Waals surface area contributed by atoms with Crippen LogP contribution in [0.5, 0.6) is 0 Å². The van der Waals surface area contributed by atoms with Crippen molar-refractivity contribution in [1.82, 2.24) is 30.0 Å². The lowest BCUT2D eigenvalue weighted by molar-refractivity contribution is -0.131. The number of amides is 1. The second-order valence-corrected chi connectivity index (χ2v) is 6.00. The molecule has 9 heteroatoms. The molecule has 1 atom stereocenters. The van der Waals surface area contributed by atoms with Gasteiger partial charge in [-0.05, 0) is 16.8 Å². The zero-order valence-corrected chi connectivity index (χ0v) is 12.6. The van der Waals surface area contributed by atoms with Gasteiger partial charge in [-0.1, -0.05) is 0 Å². The normalized spacial score (nSPS) is 26.5. The lowest BCUT2D eigenvalue weighted by Crippen LogP contribution is -2.49. The first-order valence-electron chi connectivity index (χ1n) is 7.66. The Hall–Kier alpha value is -1.58. The second kappa shape index (κ2) is 6.67. The van der Waals surface area contributed by atoms with Crippen molar-refractivity contribution in [2.24, 2.45) is 0 Å². The summed E-state index contributed by atoms with van der Waals surface area (Å²) in [5.41, 5.74) is -0.804. The van der Waals surface area contributed by atoms with Gasteiger partial charge in [0.15, 0.2) is 0 Å². The summed E-state index contributed by atoms with van der Waals surface area (Å²) in [5.74, 6) is 0.0356. The molecule has 1 amide bonds. The van der Waals surface area contributed by atoms with E-state index in [1.54, 1.807) is 4.90 Å². The van der Waals surface area contributed by atoms with Gasteiger partial charge in [-0.15, -0.1) is 5.10 Å². The molecule has 2 saturated heterocycles. The monoisotopic (exact) mass is 310 g/mol. The lowest BCUT2D eigenvalue weighted by atomic mass is 10.0. The number of aryl methyl sites for hydroxylation is 1. The Balaban J connectivity index is 1.46. The summed E-state index contributed by atoms with van der Waals surface area (Å²) in [4.78, 5) is 16.2. The zero-order chi connectivity index (χ0) is 15.4. The first-order valence-corrected chi connectivity index (χ1v) is 7.66. The number of morpholine rings is 1. The molecule has 2 aliphatic rings. The highest BCUT2D eigenvalue weighted by atomic mass is 16.5. The number of hydrogen-bond donors (Lipinski definition) is 1. The van der Waals surface area contributed by atoms with Crippen LogP contribution in [0.15, 0.2) is 6.33 Å². The Morgan fingerprint density at radius 3 is 2.86 bits per heavy atom. The van der Waals surface area contributed by atoms with Crippen molar-refractivity contribution in [2.75, 3.05) is 45.9 Å². The van der Waals surface area contributed by atoms with Crippen LogP contribution in [0.25, 0.3) is 0 Å². The number of tetrazole rings is 1. The Kier molecular flexibility index (Phi) is 4.65. The van der Waals surface area contributed by atoms with Gasteiger partial charge in [0.05, 0.1) is 31.9 Å². The largest absolute Gasteiger partial charge is 0.387 e. The smallest absolute Gasteiger partial charge is 0.224 e. The van der Waals surface area contributed by atoms with Gasteiger partial charge < -0.3 is 14.7 Å². The Morgan fingerprint density at radius 2 is 2.14 bits per heavy atom. The molecule has 1 aromatic rings. The van der Waals surface area contributed by atoms with Crippen LogP contribution in [0.1, 0.15) is 12.8 Å². The predicted molar refractivity (Wildman–Crippen MR) is 75.8 cm³/mol. The summed E-state index contributed by atoms with van der Waals surface area (Å²) in [6.07, 6.45) is 2.46. The molecule has 9 nitrogen and oxygen atoms in total. The minimum absolute atomic E-state index is 0.0356. The van der Waals surface area contributed by atoms with E-state index >= 15 is 0 Å². The molecule has 0 bridgehead atoms. The summed E-state index contributed by atoms with van der Waals surface area (Å²) < 4.78 is 6.85. The first kappa shape index (κ1) is 15.3.